The molecule has 4 rings (SSSR count). The lowest BCUT2D eigenvalue weighted by molar-refractivity contribution is -0.154. The van der Waals surface area contributed by atoms with Crippen molar-refractivity contribution in [1.29, 1.82) is 0 Å². The summed E-state index contributed by atoms with van der Waals surface area (Å²) in [6, 6.07) is 7.80. The van der Waals surface area contributed by atoms with Crippen molar-refractivity contribution in [3.8, 4) is 0 Å². The van der Waals surface area contributed by atoms with E-state index in [4.69, 9.17) is 0 Å². The normalized spacial score (nSPS) is 24.0. The Morgan fingerprint density at radius 3 is 2.66 bits per heavy atom. The van der Waals surface area contributed by atoms with Gasteiger partial charge in [-0.05, 0) is 62.8 Å². The maximum absolute atomic E-state index is 12.7. The summed E-state index contributed by atoms with van der Waals surface area (Å²) in [4.78, 5) is 43.4. The van der Waals surface area contributed by atoms with E-state index in [2.05, 4.69) is 17.1 Å². The second kappa shape index (κ2) is 10.5. The summed E-state index contributed by atoms with van der Waals surface area (Å²) in [5.74, 6) is 0.0221. The van der Waals surface area contributed by atoms with Crippen LogP contribution in [0.3, 0.4) is 0 Å². The minimum Gasteiger partial charge on any atom is -0.352 e. The van der Waals surface area contributed by atoms with Crippen LogP contribution in [-0.4, -0.2) is 77.2 Å². The lowest BCUT2D eigenvalue weighted by atomic mass is 10.00. The van der Waals surface area contributed by atoms with Gasteiger partial charge in [0.05, 0.1) is 0 Å². The fourth-order valence-electron chi connectivity index (χ4n) is 5.38. The van der Waals surface area contributed by atoms with Crippen LogP contribution in [0.1, 0.15) is 67.8 Å². The zero-order valence-corrected chi connectivity index (χ0v) is 19.2. The minimum atomic E-state index is -0.279. The van der Waals surface area contributed by atoms with Crippen molar-refractivity contribution in [3.63, 3.8) is 0 Å². The van der Waals surface area contributed by atoms with Gasteiger partial charge in [-0.25, -0.2) is 0 Å². The van der Waals surface area contributed by atoms with Crippen LogP contribution in [0.4, 0.5) is 0 Å². The molecule has 1 aromatic carbocycles. The van der Waals surface area contributed by atoms with Gasteiger partial charge in [0.1, 0.15) is 12.6 Å². The van der Waals surface area contributed by atoms with Crippen LogP contribution in [0.25, 0.3) is 0 Å². The number of amides is 3. The molecule has 0 saturated carbocycles. The molecule has 3 aliphatic rings. The Kier molecular flexibility index (Phi) is 7.45. The molecule has 1 aromatic rings. The van der Waals surface area contributed by atoms with E-state index in [0.29, 0.717) is 31.2 Å². The summed E-state index contributed by atoms with van der Waals surface area (Å²) in [5.41, 5.74) is 1.56. The van der Waals surface area contributed by atoms with Crippen LogP contribution in [-0.2, 0) is 16.1 Å². The van der Waals surface area contributed by atoms with Gasteiger partial charge in [0, 0.05) is 37.8 Å². The van der Waals surface area contributed by atoms with Crippen molar-refractivity contribution in [2.24, 2.45) is 0 Å². The zero-order valence-electron chi connectivity index (χ0n) is 19.2. The standard InChI is InChI=1S/C25H36N4O3/c1-2-21-7-3-4-14-27(21)15-6-13-26-24(31)20-11-9-19(10-12-20)17-28-18-23(30)29-16-5-8-22(29)25(28)32/h9-12,21-22H,2-8,13-18H2,1H3,(H,26,31)/t21-,22+/m0/s1. The molecule has 0 aliphatic carbocycles. The highest BCUT2D eigenvalue weighted by Gasteiger charge is 2.41. The van der Waals surface area contributed by atoms with Crippen LogP contribution < -0.4 is 5.32 Å². The predicted molar refractivity (Wildman–Crippen MR) is 123 cm³/mol. The van der Waals surface area contributed by atoms with Gasteiger partial charge in [-0.3, -0.25) is 14.4 Å². The number of carbonyl (C=O) groups is 3. The topological polar surface area (TPSA) is 73.0 Å². The molecule has 7 heteroatoms. The first-order valence-electron chi connectivity index (χ1n) is 12.3. The third-order valence-corrected chi connectivity index (χ3v) is 7.21. The predicted octanol–water partition coefficient (Wildman–Crippen LogP) is 2.40. The van der Waals surface area contributed by atoms with E-state index in [1.165, 1.54) is 32.2 Å². The Morgan fingerprint density at radius 1 is 1.06 bits per heavy atom. The second-order valence-electron chi connectivity index (χ2n) is 9.34. The average molecular weight is 441 g/mol. The van der Waals surface area contributed by atoms with Gasteiger partial charge < -0.3 is 20.0 Å². The Morgan fingerprint density at radius 2 is 1.88 bits per heavy atom. The van der Waals surface area contributed by atoms with Crippen molar-refractivity contribution < 1.29 is 14.4 Å². The van der Waals surface area contributed by atoms with E-state index < -0.39 is 0 Å². The largest absolute Gasteiger partial charge is 0.352 e. The van der Waals surface area contributed by atoms with E-state index >= 15 is 0 Å². The smallest absolute Gasteiger partial charge is 0.251 e. The van der Waals surface area contributed by atoms with Crippen LogP contribution in [0.2, 0.25) is 0 Å². The van der Waals surface area contributed by atoms with Crippen LogP contribution in [0, 0.1) is 0 Å². The zero-order chi connectivity index (χ0) is 22.5. The number of rotatable bonds is 8. The Balaban J connectivity index is 1.23. The molecular weight excluding hydrogens is 404 g/mol. The lowest BCUT2D eigenvalue weighted by Crippen LogP contribution is -2.56. The van der Waals surface area contributed by atoms with Gasteiger partial charge in [0.2, 0.25) is 11.8 Å². The van der Waals surface area contributed by atoms with Crippen LogP contribution in [0.15, 0.2) is 24.3 Å². The summed E-state index contributed by atoms with van der Waals surface area (Å²) >= 11 is 0. The van der Waals surface area contributed by atoms with Crippen LogP contribution in [0.5, 0.6) is 0 Å². The molecule has 3 amide bonds. The molecule has 3 heterocycles. The molecule has 3 saturated heterocycles. The first kappa shape index (κ1) is 22.8. The molecule has 7 nitrogen and oxygen atoms in total. The number of benzene rings is 1. The molecule has 2 atom stereocenters. The highest BCUT2D eigenvalue weighted by atomic mass is 16.2. The van der Waals surface area contributed by atoms with Gasteiger partial charge in [0.25, 0.3) is 5.91 Å². The number of hydrogen-bond donors (Lipinski definition) is 1. The average Bonchev–Trinajstić information content (AvgIpc) is 3.32. The molecule has 0 bridgehead atoms. The first-order valence-corrected chi connectivity index (χ1v) is 12.3. The van der Waals surface area contributed by atoms with Gasteiger partial charge in [-0.1, -0.05) is 25.5 Å². The summed E-state index contributed by atoms with van der Waals surface area (Å²) in [6.45, 7) is 6.41. The monoisotopic (exact) mass is 440 g/mol. The molecule has 32 heavy (non-hydrogen) atoms. The van der Waals surface area contributed by atoms with Crippen molar-refractivity contribution in [2.75, 3.05) is 32.7 Å². The third-order valence-electron chi connectivity index (χ3n) is 7.21. The van der Waals surface area contributed by atoms with Gasteiger partial charge in [-0.2, -0.15) is 0 Å². The van der Waals surface area contributed by atoms with Gasteiger partial charge >= 0.3 is 0 Å². The minimum absolute atomic E-state index is 0.0397. The Hall–Kier alpha value is -2.41. The molecule has 1 N–H and O–H groups in total. The van der Waals surface area contributed by atoms with E-state index in [1.807, 2.05) is 12.1 Å². The molecule has 3 fully saturated rings. The maximum Gasteiger partial charge on any atom is 0.251 e. The van der Waals surface area contributed by atoms with Gasteiger partial charge in [-0.15, -0.1) is 0 Å². The van der Waals surface area contributed by atoms with Crippen molar-refractivity contribution in [1.82, 2.24) is 20.0 Å². The Bertz CT molecular complexity index is 825. The van der Waals surface area contributed by atoms with E-state index in [9.17, 15) is 14.4 Å². The molecule has 174 valence electrons. The van der Waals surface area contributed by atoms with Crippen molar-refractivity contribution in [2.45, 2.75) is 70.5 Å². The van der Waals surface area contributed by atoms with Crippen molar-refractivity contribution in [3.05, 3.63) is 35.4 Å². The summed E-state index contributed by atoms with van der Waals surface area (Å²) in [7, 11) is 0. The number of piperazine rings is 1. The summed E-state index contributed by atoms with van der Waals surface area (Å²) < 4.78 is 0. The first-order chi connectivity index (χ1) is 15.6. The number of nitrogens with one attached hydrogen (secondary N) is 1. The number of likely N-dealkylation sites (tertiary alicyclic amines) is 1. The quantitative estimate of drug-likeness (QED) is 0.630. The van der Waals surface area contributed by atoms with E-state index in [1.54, 1.807) is 21.9 Å². The number of piperidine rings is 1. The Labute approximate surface area is 191 Å². The van der Waals surface area contributed by atoms with E-state index in [0.717, 1.165) is 31.4 Å². The molecule has 0 aromatic heterocycles. The third kappa shape index (κ3) is 5.14. The second-order valence-corrected chi connectivity index (χ2v) is 9.34. The lowest BCUT2D eigenvalue weighted by Gasteiger charge is -2.36. The summed E-state index contributed by atoms with van der Waals surface area (Å²) in [6.07, 6.45) is 7.74. The fraction of sp³-hybridized carbons (Fsp3) is 0.640. The number of nitrogens with zero attached hydrogens (tertiary/aromatic N) is 3. The highest BCUT2D eigenvalue weighted by molar-refractivity contribution is 5.95. The number of carbonyl (C=O) groups excluding carboxylic acids is 3. The van der Waals surface area contributed by atoms with E-state index in [-0.39, 0.29) is 30.3 Å². The highest BCUT2D eigenvalue weighted by Crippen LogP contribution is 2.25. The van der Waals surface area contributed by atoms with Crippen LogP contribution >= 0.6 is 0 Å². The molecule has 0 radical (unpaired) electrons. The molecule has 0 unspecified atom stereocenters. The number of hydrogen-bond acceptors (Lipinski definition) is 4. The molecular formula is C25H36N4O3. The molecule has 3 aliphatic heterocycles. The molecule has 0 spiro atoms. The SMILES string of the molecule is CC[C@H]1CCCCN1CCCNC(=O)c1ccc(CN2CC(=O)N3CCC[C@@H]3C2=O)cc1. The number of fused-ring (bicyclic) bond motifs is 1. The van der Waals surface area contributed by atoms with Crippen molar-refractivity contribution >= 4 is 17.7 Å². The summed E-state index contributed by atoms with van der Waals surface area (Å²) in [5, 5.41) is 3.03. The maximum atomic E-state index is 12.7. The fourth-order valence-corrected chi connectivity index (χ4v) is 5.38. The van der Waals surface area contributed by atoms with Gasteiger partial charge in [0.15, 0.2) is 0 Å².